The molecule has 25 heavy (non-hydrogen) atoms. The summed E-state index contributed by atoms with van der Waals surface area (Å²) in [6.07, 6.45) is 5.17. The number of carbonyl (C=O) groups is 3. The Morgan fingerprint density at radius 1 is 1.12 bits per heavy atom. The van der Waals surface area contributed by atoms with E-state index in [0.29, 0.717) is 12.2 Å². The fourth-order valence-electron chi connectivity index (χ4n) is 3.25. The summed E-state index contributed by atoms with van der Waals surface area (Å²) < 4.78 is 0. The fourth-order valence-corrected chi connectivity index (χ4v) is 3.25. The van der Waals surface area contributed by atoms with Crippen LogP contribution >= 0.6 is 0 Å². The molecule has 4 amide bonds. The number of rotatable bonds is 5. The minimum absolute atomic E-state index is 0.439. The van der Waals surface area contributed by atoms with Gasteiger partial charge in [-0.25, -0.2) is 9.69 Å². The van der Waals surface area contributed by atoms with E-state index in [-0.39, 0.29) is 0 Å². The number of piperidine rings is 1. The maximum atomic E-state index is 12.6. The number of nitrogens with zero attached hydrogens (tertiary/aromatic N) is 2. The SMILES string of the molecule is O=C1NC(=O)N(c2ccccc2)C(=O)[C@H]1C=NCC[NH+]1CCCCC1. The first-order valence-corrected chi connectivity index (χ1v) is 8.74. The third-order valence-corrected chi connectivity index (χ3v) is 4.63. The zero-order chi connectivity index (χ0) is 17.6. The number of amides is 4. The van der Waals surface area contributed by atoms with Gasteiger partial charge in [0, 0.05) is 6.21 Å². The van der Waals surface area contributed by atoms with Crippen LogP contribution in [0.5, 0.6) is 0 Å². The molecule has 0 unspecified atom stereocenters. The van der Waals surface area contributed by atoms with Gasteiger partial charge < -0.3 is 4.90 Å². The summed E-state index contributed by atoms with van der Waals surface area (Å²) in [6, 6.07) is 7.85. The van der Waals surface area contributed by atoms with Gasteiger partial charge in [0.2, 0.25) is 5.91 Å². The molecule has 1 atom stereocenters. The van der Waals surface area contributed by atoms with E-state index in [9.17, 15) is 14.4 Å². The molecule has 2 fully saturated rings. The molecule has 2 saturated heterocycles. The minimum atomic E-state index is -1.06. The van der Waals surface area contributed by atoms with Gasteiger partial charge >= 0.3 is 6.03 Å². The monoisotopic (exact) mass is 343 g/mol. The molecule has 1 aromatic carbocycles. The molecular weight excluding hydrogens is 320 g/mol. The number of barbiturate groups is 1. The molecule has 0 radical (unpaired) electrons. The summed E-state index contributed by atoms with van der Waals surface area (Å²) in [7, 11) is 0. The van der Waals surface area contributed by atoms with Crippen LogP contribution in [-0.4, -0.2) is 50.2 Å². The van der Waals surface area contributed by atoms with Crippen molar-refractivity contribution in [2.45, 2.75) is 19.3 Å². The van der Waals surface area contributed by atoms with Crippen LogP contribution < -0.4 is 15.1 Å². The molecule has 2 heterocycles. The van der Waals surface area contributed by atoms with Crippen LogP contribution in [0.3, 0.4) is 0 Å². The minimum Gasteiger partial charge on any atom is -0.333 e. The number of urea groups is 1. The van der Waals surface area contributed by atoms with Crippen molar-refractivity contribution < 1.29 is 19.3 Å². The molecule has 7 heteroatoms. The Morgan fingerprint density at radius 2 is 1.84 bits per heavy atom. The van der Waals surface area contributed by atoms with Crippen LogP contribution in [0.15, 0.2) is 35.3 Å². The predicted molar refractivity (Wildman–Crippen MR) is 93.7 cm³/mol. The van der Waals surface area contributed by atoms with Crippen molar-refractivity contribution in [3.05, 3.63) is 30.3 Å². The molecule has 0 aromatic heterocycles. The second kappa shape index (κ2) is 8.02. The third kappa shape index (κ3) is 4.11. The van der Waals surface area contributed by atoms with Crippen molar-refractivity contribution in [3.8, 4) is 0 Å². The average molecular weight is 343 g/mol. The summed E-state index contributed by atoms with van der Waals surface area (Å²) in [6.45, 7) is 3.80. The topological polar surface area (TPSA) is 83.3 Å². The van der Waals surface area contributed by atoms with Crippen LogP contribution in [-0.2, 0) is 9.59 Å². The third-order valence-electron chi connectivity index (χ3n) is 4.63. The van der Waals surface area contributed by atoms with Gasteiger partial charge in [0.05, 0.1) is 31.9 Å². The second-order valence-electron chi connectivity index (χ2n) is 6.40. The molecule has 0 spiro atoms. The maximum Gasteiger partial charge on any atom is 0.335 e. The quantitative estimate of drug-likeness (QED) is 0.584. The Morgan fingerprint density at radius 3 is 2.56 bits per heavy atom. The lowest BCUT2D eigenvalue weighted by Gasteiger charge is -2.28. The molecule has 1 aromatic rings. The van der Waals surface area contributed by atoms with Gasteiger partial charge in [0.1, 0.15) is 0 Å². The summed E-state index contributed by atoms with van der Waals surface area (Å²) in [4.78, 5) is 43.4. The number of imide groups is 2. The molecular formula is C18H23N4O3+. The van der Waals surface area contributed by atoms with E-state index < -0.39 is 23.8 Å². The Kier molecular flexibility index (Phi) is 5.55. The zero-order valence-corrected chi connectivity index (χ0v) is 14.1. The number of hydrogen-bond donors (Lipinski definition) is 2. The summed E-state index contributed by atoms with van der Waals surface area (Å²) in [5, 5.41) is 2.23. The first-order chi connectivity index (χ1) is 12.2. The van der Waals surface area contributed by atoms with Gasteiger partial charge in [-0.2, -0.15) is 0 Å². The first-order valence-electron chi connectivity index (χ1n) is 8.74. The van der Waals surface area contributed by atoms with Crippen molar-refractivity contribution in [3.63, 3.8) is 0 Å². The normalized spacial score (nSPS) is 22.5. The van der Waals surface area contributed by atoms with Crippen molar-refractivity contribution >= 4 is 29.7 Å². The Bertz CT molecular complexity index is 668. The van der Waals surface area contributed by atoms with E-state index in [1.165, 1.54) is 30.4 Å². The van der Waals surface area contributed by atoms with Crippen LogP contribution in [0.25, 0.3) is 0 Å². The van der Waals surface area contributed by atoms with E-state index in [0.717, 1.165) is 24.5 Å². The zero-order valence-electron chi connectivity index (χ0n) is 14.1. The van der Waals surface area contributed by atoms with Gasteiger partial charge in [-0.3, -0.25) is 19.9 Å². The Balaban J connectivity index is 1.63. The van der Waals surface area contributed by atoms with E-state index in [1.54, 1.807) is 30.3 Å². The summed E-state index contributed by atoms with van der Waals surface area (Å²) in [5.74, 6) is -2.24. The van der Waals surface area contributed by atoms with Crippen LogP contribution in [0.4, 0.5) is 10.5 Å². The van der Waals surface area contributed by atoms with Crippen molar-refractivity contribution in [1.82, 2.24) is 5.32 Å². The number of quaternary nitrogens is 1. The van der Waals surface area contributed by atoms with Gasteiger partial charge in [0.25, 0.3) is 5.91 Å². The Labute approximate surface area is 146 Å². The van der Waals surface area contributed by atoms with Crippen LogP contribution in [0.1, 0.15) is 19.3 Å². The number of aliphatic imine (C=N–C) groups is 1. The number of hydrogen-bond acceptors (Lipinski definition) is 4. The van der Waals surface area contributed by atoms with E-state index in [4.69, 9.17) is 0 Å². The van der Waals surface area contributed by atoms with Crippen LogP contribution in [0, 0.1) is 5.92 Å². The molecule has 2 N–H and O–H groups in total. The second-order valence-corrected chi connectivity index (χ2v) is 6.40. The van der Waals surface area contributed by atoms with Crippen molar-refractivity contribution in [2.24, 2.45) is 10.9 Å². The summed E-state index contributed by atoms with van der Waals surface area (Å²) >= 11 is 0. The highest BCUT2D eigenvalue weighted by Crippen LogP contribution is 2.19. The number of likely N-dealkylation sites (tertiary alicyclic amines) is 1. The lowest BCUT2D eigenvalue weighted by atomic mass is 10.1. The number of nitrogens with one attached hydrogen (secondary N) is 2. The fraction of sp³-hybridized carbons (Fsp3) is 0.444. The van der Waals surface area contributed by atoms with E-state index in [2.05, 4.69) is 10.3 Å². The first kappa shape index (κ1) is 17.3. The summed E-state index contributed by atoms with van der Waals surface area (Å²) in [5.41, 5.74) is 0.439. The van der Waals surface area contributed by atoms with Crippen LogP contribution in [0.2, 0.25) is 0 Å². The van der Waals surface area contributed by atoms with E-state index in [1.807, 2.05) is 0 Å². The lowest BCUT2D eigenvalue weighted by Crippen LogP contribution is -3.13. The molecule has 0 aliphatic carbocycles. The van der Waals surface area contributed by atoms with Gasteiger partial charge in [-0.1, -0.05) is 18.2 Å². The Hall–Kier alpha value is -2.54. The highest BCUT2D eigenvalue weighted by Gasteiger charge is 2.40. The number of carbonyl (C=O) groups excluding carboxylic acids is 3. The van der Waals surface area contributed by atoms with Gasteiger partial charge in [-0.05, 0) is 31.4 Å². The average Bonchev–Trinajstić information content (AvgIpc) is 2.62. The van der Waals surface area contributed by atoms with Crippen molar-refractivity contribution in [2.75, 3.05) is 31.1 Å². The predicted octanol–water partition coefficient (Wildman–Crippen LogP) is 0.0252. The molecule has 3 rings (SSSR count). The lowest BCUT2D eigenvalue weighted by molar-refractivity contribution is -0.903. The largest absolute Gasteiger partial charge is 0.335 e. The number of benzene rings is 1. The molecule has 0 saturated carbocycles. The molecule has 132 valence electrons. The van der Waals surface area contributed by atoms with Gasteiger partial charge in [0.15, 0.2) is 5.92 Å². The molecule has 0 bridgehead atoms. The van der Waals surface area contributed by atoms with E-state index >= 15 is 0 Å². The number of para-hydroxylation sites is 1. The molecule has 2 aliphatic heterocycles. The van der Waals surface area contributed by atoms with Gasteiger partial charge in [-0.15, -0.1) is 0 Å². The maximum absolute atomic E-state index is 12.6. The smallest absolute Gasteiger partial charge is 0.333 e. The number of anilines is 1. The molecule has 7 nitrogen and oxygen atoms in total. The highest BCUT2D eigenvalue weighted by atomic mass is 16.2. The standard InChI is InChI=1S/C18H22N4O3/c23-16-15(13-19-9-12-21-10-5-2-6-11-21)17(24)22(18(25)20-16)14-7-3-1-4-8-14/h1,3-4,7-8,13,15H,2,5-6,9-12H2,(H,20,23,25)/p+1/t15-/m0/s1. The van der Waals surface area contributed by atoms with Crippen molar-refractivity contribution in [1.29, 1.82) is 0 Å². The molecule has 2 aliphatic rings. The highest BCUT2D eigenvalue weighted by molar-refractivity contribution is 6.32.